The number of hydrogen-bond donors (Lipinski definition) is 5. The van der Waals surface area contributed by atoms with Crippen molar-refractivity contribution in [2.75, 3.05) is 56.6 Å². The molecule has 9 heterocycles. The number of nitriles is 1. The van der Waals surface area contributed by atoms with Gasteiger partial charge in [-0.25, -0.2) is 38.7 Å². The van der Waals surface area contributed by atoms with Crippen molar-refractivity contribution in [1.29, 1.82) is 5.26 Å². The van der Waals surface area contributed by atoms with Crippen LogP contribution in [0.3, 0.4) is 0 Å². The van der Waals surface area contributed by atoms with Crippen molar-refractivity contribution in [1.82, 2.24) is 63.2 Å². The second-order valence-electron chi connectivity index (χ2n) is 31.5. The first-order valence-corrected chi connectivity index (χ1v) is 46.5. The molecule has 3 aliphatic rings. The van der Waals surface area contributed by atoms with Gasteiger partial charge in [-0.2, -0.15) is 15.2 Å². The van der Waals surface area contributed by atoms with E-state index in [9.17, 15) is 29.2 Å². The van der Waals surface area contributed by atoms with Crippen molar-refractivity contribution < 1.29 is 88.1 Å². The summed E-state index contributed by atoms with van der Waals surface area (Å²) in [6, 6.07) is 46.6. The summed E-state index contributed by atoms with van der Waals surface area (Å²) >= 11 is 13.9. The Hall–Kier alpha value is -11.3. The van der Waals surface area contributed by atoms with E-state index in [2.05, 4.69) is 61.9 Å². The maximum atomic E-state index is 16.9. The van der Waals surface area contributed by atoms with Crippen LogP contribution < -0.4 is 45.6 Å². The van der Waals surface area contributed by atoms with E-state index in [4.69, 9.17) is 92.8 Å². The zero-order valence-electron chi connectivity index (χ0n) is 72.0. The van der Waals surface area contributed by atoms with E-state index in [1.54, 1.807) is 125 Å². The lowest BCUT2D eigenvalue weighted by Crippen LogP contribution is -2.38. The highest BCUT2D eigenvalue weighted by Crippen LogP contribution is 2.59. The van der Waals surface area contributed by atoms with Crippen molar-refractivity contribution in [2.45, 2.75) is 154 Å². The number of phosphoric acid groups is 2. The molecular weight excluding hydrogens is 1780 g/mol. The van der Waals surface area contributed by atoms with Gasteiger partial charge in [0.15, 0.2) is 39.3 Å². The second kappa shape index (κ2) is 41.0. The van der Waals surface area contributed by atoms with Crippen LogP contribution in [0.25, 0.3) is 33.5 Å². The zero-order valence-corrected chi connectivity index (χ0v) is 76.2. The van der Waals surface area contributed by atoms with Crippen LogP contribution in [0, 0.1) is 23.2 Å². The Labute approximate surface area is 756 Å². The largest absolute Gasteiger partial charge is 0.530 e. The van der Waals surface area contributed by atoms with Crippen LogP contribution in [0.1, 0.15) is 127 Å². The number of para-hydroxylation sites is 2. The van der Waals surface area contributed by atoms with Crippen LogP contribution in [0.5, 0.6) is 23.0 Å². The monoisotopic (exact) mass is 1880 g/mol. The number of aromatic amines is 2. The van der Waals surface area contributed by atoms with Crippen LogP contribution in [0.4, 0.5) is 17.7 Å². The molecule has 0 aliphatic carbocycles. The van der Waals surface area contributed by atoms with Gasteiger partial charge in [0.2, 0.25) is 23.7 Å². The third-order valence-corrected chi connectivity index (χ3v) is 27.0. The number of H-pyrrole nitrogens is 2. The molecule has 15 rings (SSSR count). The Morgan fingerprint density at radius 3 is 1.45 bits per heavy atom. The molecular formula is C87H94Cl2N17O21P3. The Morgan fingerprint density at radius 2 is 0.985 bits per heavy atom. The molecule has 0 radical (unpaired) electrons. The summed E-state index contributed by atoms with van der Waals surface area (Å²) in [5, 5.41) is 17.8. The van der Waals surface area contributed by atoms with Crippen molar-refractivity contribution in [2.24, 2.45) is 11.8 Å². The van der Waals surface area contributed by atoms with Gasteiger partial charge in [0.1, 0.15) is 84.1 Å². The molecule has 3 unspecified atom stereocenters. The minimum Gasteiger partial charge on any atom is -0.497 e. The fraction of sp³-hybridized carbons (Fsp3) is 0.368. The first kappa shape index (κ1) is 93.4. The van der Waals surface area contributed by atoms with Gasteiger partial charge in [-0.3, -0.25) is 76.4 Å². The van der Waals surface area contributed by atoms with Crippen LogP contribution in [0.15, 0.2) is 193 Å². The molecule has 0 bridgehead atoms. The average molecular weight is 1880 g/mol. The van der Waals surface area contributed by atoms with Gasteiger partial charge in [-0.1, -0.05) is 148 Å². The lowest BCUT2D eigenvalue weighted by atomic mass is 9.80. The highest BCUT2D eigenvalue weighted by molar-refractivity contribution is 7.49. The number of hydrogen-bond acceptors (Lipinski definition) is 30. The second-order valence-corrected chi connectivity index (χ2v) is 36.9. The number of fused-ring (bicyclic) bond motifs is 3. The third-order valence-electron chi connectivity index (χ3n) is 21.4. The molecule has 38 nitrogen and oxygen atoms in total. The summed E-state index contributed by atoms with van der Waals surface area (Å²) < 4.78 is 133. The number of aromatic nitrogens is 12. The van der Waals surface area contributed by atoms with Gasteiger partial charge in [0.05, 0.1) is 88.3 Å². The molecule has 682 valence electrons. The summed E-state index contributed by atoms with van der Waals surface area (Å²) in [5.41, 5.74) is -0.623. The third kappa shape index (κ3) is 21.0. The smallest absolute Gasteiger partial charge is 0.497 e. The first-order chi connectivity index (χ1) is 62.6. The zero-order chi connectivity index (χ0) is 91.7. The van der Waals surface area contributed by atoms with E-state index < -0.39 is 139 Å². The Balaban J connectivity index is 0.819. The van der Waals surface area contributed by atoms with Crippen LogP contribution >= 0.6 is 47.4 Å². The number of imidazole rings is 3. The lowest BCUT2D eigenvalue weighted by Gasteiger charge is -2.37. The predicted molar refractivity (Wildman–Crippen MR) is 478 cm³/mol. The Bertz CT molecular complexity index is 6240. The van der Waals surface area contributed by atoms with E-state index >= 15 is 9.13 Å². The Morgan fingerprint density at radius 1 is 0.554 bits per heavy atom. The normalized spacial score (nSPS) is 20.0. The molecule has 3 amide bonds. The molecule has 6 aromatic carbocycles. The number of rotatable bonds is 39. The van der Waals surface area contributed by atoms with Gasteiger partial charge in [0, 0.05) is 48.7 Å². The number of carbonyl (C=O) groups is 3. The maximum absolute atomic E-state index is 16.9. The van der Waals surface area contributed by atoms with Gasteiger partial charge in [0.25, 0.3) is 25.6 Å². The minimum absolute atomic E-state index is 0.00384. The number of carbonyl (C=O) groups excluding carboxylic acids is 3. The quantitative estimate of drug-likeness (QED) is 0.0136. The summed E-state index contributed by atoms with van der Waals surface area (Å²) in [6.07, 6.45) is -7.07. The predicted octanol–water partition coefficient (Wildman–Crippen LogP) is 15.6. The number of methoxy groups -OCH3 is 2. The van der Waals surface area contributed by atoms with Crippen molar-refractivity contribution >= 4 is 116 Å². The molecule has 130 heavy (non-hydrogen) atoms. The number of amides is 3. The van der Waals surface area contributed by atoms with Gasteiger partial charge in [-0.05, 0) is 105 Å². The van der Waals surface area contributed by atoms with Gasteiger partial charge >= 0.3 is 15.6 Å². The average Bonchev–Trinajstić information content (AvgIpc) is 1.13. The highest BCUT2D eigenvalue weighted by Gasteiger charge is 2.52. The van der Waals surface area contributed by atoms with Gasteiger partial charge in [-0.15, -0.1) is 0 Å². The molecule has 43 heteroatoms. The Kier molecular flexibility index (Phi) is 29.5. The molecule has 6 aromatic heterocycles. The first-order valence-electron chi connectivity index (χ1n) is 41.6. The molecule has 0 saturated carbocycles. The molecule has 0 spiro atoms. The number of ether oxygens (including phenoxy) is 6. The number of benzene rings is 6. The standard InChI is InChI=1S/C87H94Cl2N17O21P3/c1-50(2)80(107)99-85-97-78-74(83(110)101-85)94-48-104(78)70-40-64(123-128(117-39-21-38-90)106(52(5)6)53(7)8)68(121-70)44-118-129(112,124-62-28-19-17-26-60(62)88)127-66-42-72(105-49-95-75-79(105)98-86(102-84(75)111)100-81(108)51(3)4)122-69(66)45-119-130(113,125-63-29-20-18-27-61(63)89)126-65-41-71(103-47-93-73-76(91-46-92-77(73)103)96-82(109)54-22-13-11-14-23-54)120-67(65)43-116-87(55-24-15-12-16-25-55,56-30-34-58(114-9)35-31-56)57-32-36-59(115-10)37-33-57/h11-20,22-37,46-53,64-72H,21,39-45H2,1-10H3,(H,91,92,96,109)(H2,97,99,101,107,110)(H2,98,100,102,108,111)/t64-,65-,66-,67+,68+,69+,70+,71+,72+,128?,129?,130?/m0/s1. The van der Waals surface area contributed by atoms with E-state index in [0.29, 0.717) is 33.8 Å². The van der Waals surface area contributed by atoms with Crippen molar-refractivity contribution in [3.05, 3.63) is 236 Å². The maximum Gasteiger partial charge on any atom is 0.530 e. The SMILES string of the molecule is COc1ccc(C(OC[C@H]2O[C@@H](n3cnc4c(NC(=O)c5ccccc5)ncnc43)C[C@@H]2OP(=O)(OC[C@H]2O[C@@H](n3cnc4c(=O)[nH]c(NC(=O)C(C)C)nc43)C[C@@H]2OP(=O)(OC[C@H]2O[C@@H](n3cnc4c(=O)[nH]c(NC(=O)C(C)C)nc43)C[C@@H]2OP(OCCC#N)N(C(C)C)C(C)C)Oc2ccccc2Cl)Oc2ccccc2Cl)(c2ccccc2)c2ccc(OC)cc2)cc1. The summed E-state index contributed by atoms with van der Waals surface area (Å²) in [7, 11) is -9.63. The summed E-state index contributed by atoms with van der Waals surface area (Å²) in [5.74, 6) is -2.03. The molecule has 3 aliphatic heterocycles. The molecule has 3 fully saturated rings. The van der Waals surface area contributed by atoms with E-state index in [1.165, 1.54) is 58.7 Å². The topological polar surface area (TPSA) is 448 Å². The molecule has 3 saturated heterocycles. The lowest BCUT2D eigenvalue weighted by molar-refractivity contribution is -0.119. The number of nitrogens with one attached hydrogen (secondary N) is 5. The molecule has 12 atom stereocenters. The number of anilines is 3. The number of phosphoric ester groups is 2. The minimum atomic E-state index is -5.35. The van der Waals surface area contributed by atoms with Crippen LogP contribution in [0.2, 0.25) is 10.0 Å². The summed E-state index contributed by atoms with van der Waals surface area (Å²) in [6.45, 7) is 12.5. The fourth-order valence-corrected chi connectivity index (χ4v) is 20.1. The van der Waals surface area contributed by atoms with Crippen LogP contribution in [-0.2, 0) is 70.4 Å². The van der Waals surface area contributed by atoms with Crippen LogP contribution in [-0.4, -0.2) is 170 Å². The van der Waals surface area contributed by atoms with E-state index in [-0.39, 0.29) is 124 Å². The fourth-order valence-electron chi connectivity index (χ4n) is 15.0. The van der Waals surface area contributed by atoms with Crippen molar-refractivity contribution in [3.63, 3.8) is 0 Å². The van der Waals surface area contributed by atoms with Gasteiger partial charge < -0.3 is 51.8 Å². The van der Waals surface area contributed by atoms with E-state index in [1.807, 2.05) is 87.0 Å². The number of nitrogens with zero attached hydrogens (tertiary/aromatic N) is 12. The molecule has 12 aromatic rings. The molecule has 5 N–H and O–H groups in total. The van der Waals surface area contributed by atoms with E-state index in [0.717, 1.165) is 0 Å². The number of halogens is 2. The summed E-state index contributed by atoms with van der Waals surface area (Å²) in [4.78, 5) is 105. The van der Waals surface area contributed by atoms with Crippen molar-refractivity contribution in [3.8, 4) is 29.1 Å². The highest BCUT2D eigenvalue weighted by atomic mass is 35.5.